The minimum Gasteiger partial charge on any atom is -0.490 e. The maximum absolute atomic E-state index is 12.2. The average Bonchev–Trinajstić information content (AvgIpc) is 2.89. The second-order valence-electron chi connectivity index (χ2n) is 8.51. The van der Waals surface area contributed by atoms with Crippen LogP contribution in [0.4, 0.5) is 0 Å². The van der Waals surface area contributed by atoms with Crippen LogP contribution in [0.5, 0.6) is 17.2 Å². The van der Waals surface area contributed by atoms with Crippen LogP contribution in [0.1, 0.15) is 64.5 Å². The van der Waals surface area contributed by atoms with Gasteiger partial charge in [-0.05, 0) is 68.2 Å². The van der Waals surface area contributed by atoms with Gasteiger partial charge in [0, 0.05) is 6.42 Å². The Balaban J connectivity index is 2.08. The Labute approximate surface area is 227 Å². The zero-order valence-corrected chi connectivity index (χ0v) is 23.7. The molecule has 0 aromatic heterocycles. The van der Waals surface area contributed by atoms with Gasteiger partial charge in [0.05, 0.1) is 32.2 Å². The molecule has 8 nitrogen and oxygen atoms in total. The predicted octanol–water partition coefficient (Wildman–Crippen LogP) is 5.94. The molecular formula is C29H40O8S. The van der Waals surface area contributed by atoms with E-state index in [2.05, 4.69) is 6.92 Å². The van der Waals surface area contributed by atoms with Gasteiger partial charge >= 0.3 is 16.1 Å². The first-order chi connectivity index (χ1) is 18.3. The number of hydrogen-bond donors (Lipinski definition) is 0. The van der Waals surface area contributed by atoms with Crippen molar-refractivity contribution < 1.29 is 36.3 Å². The van der Waals surface area contributed by atoms with E-state index in [1.54, 1.807) is 38.1 Å². The van der Waals surface area contributed by atoms with Gasteiger partial charge in [-0.15, -0.1) is 0 Å². The Morgan fingerprint density at radius 1 is 0.816 bits per heavy atom. The highest BCUT2D eigenvalue weighted by Crippen LogP contribution is 2.30. The van der Waals surface area contributed by atoms with Crippen molar-refractivity contribution in [1.82, 2.24) is 0 Å². The van der Waals surface area contributed by atoms with E-state index in [9.17, 15) is 13.2 Å². The SMILES string of the molecule is CCCCOc1cc(/C=C(\OCC)C(=O)OCC)ccc1OCCc1ccc(OS(=O)(=O)CCCC)cc1. The van der Waals surface area contributed by atoms with Gasteiger partial charge in [0.2, 0.25) is 5.76 Å². The quantitative estimate of drug-likeness (QED) is 0.0743. The molecule has 2 aromatic rings. The van der Waals surface area contributed by atoms with Crippen molar-refractivity contribution in [3.63, 3.8) is 0 Å². The van der Waals surface area contributed by atoms with Crippen molar-refractivity contribution in [2.24, 2.45) is 0 Å². The molecule has 2 aromatic carbocycles. The Hall–Kier alpha value is -3.20. The highest BCUT2D eigenvalue weighted by Gasteiger charge is 2.14. The van der Waals surface area contributed by atoms with Gasteiger partial charge in [-0.3, -0.25) is 0 Å². The second-order valence-corrected chi connectivity index (χ2v) is 10.2. The lowest BCUT2D eigenvalue weighted by Crippen LogP contribution is -2.13. The summed E-state index contributed by atoms with van der Waals surface area (Å²) in [6, 6.07) is 12.4. The third-order valence-electron chi connectivity index (χ3n) is 5.34. The highest BCUT2D eigenvalue weighted by molar-refractivity contribution is 7.87. The Kier molecular flexibility index (Phi) is 13.6. The Bertz CT molecular complexity index is 1120. The molecule has 0 spiro atoms. The summed E-state index contributed by atoms with van der Waals surface area (Å²) in [5, 5.41) is 0. The summed E-state index contributed by atoms with van der Waals surface area (Å²) in [5.41, 5.74) is 1.71. The molecule has 0 unspecified atom stereocenters. The van der Waals surface area contributed by atoms with Crippen molar-refractivity contribution >= 4 is 22.2 Å². The number of hydrogen-bond acceptors (Lipinski definition) is 8. The van der Waals surface area contributed by atoms with E-state index in [-0.39, 0.29) is 18.1 Å². The zero-order valence-electron chi connectivity index (χ0n) is 22.9. The van der Waals surface area contributed by atoms with Gasteiger partial charge in [-0.1, -0.05) is 44.9 Å². The summed E-state index contributed by atoms with van der Waals surface area (Å²) in [5.74, 6) is 1.09. The molecule has 0 fully saturated rings. The number of rotatable bonds is 18. The van der Waals surface area contributed by atoms with Crippen molar-refractivity contribution in [3.8, 4) is 17.2 Å². The fourth-order valence-corrected chi connectivity index (χ4v) is 4.47. The van der Waals surface area contributed by atoms with E-state index in [1.807, 2.05) is 31.2 Å². The van der Waals surface area contributed by atoms with Crippen LogP contribution in [0, 0.1) is 0 Å². The van der Waals surface area contributed by atoms with Crippen LogP contribution in [-0.2, 0) is 30.8 Å². The van der Waals surface area contributed by atoms with Crippen LogP contribution in [0.15, 0.2) is 48.2 Å². The van der Waals surface area contributed by atoms with Crippen molar-refractivity contribution in [3.05, 3.63) is 59.4 Å². The Morgan fingerprint density at radius 3 is 2.16 bits per heavy atom. The molecule has 0 aliphatic heterocycles. The minimum atomic E-state index is -3.58. The van der Waals surface area contributed by atoms with Gasteiger partial charge in [0.1, 0.15) is 5.75 Å². The molecule has 0 aliphatic rings. The molecule has 0 saturated carbocycles. The van der Waals surface area contributed by atoms with E-state index >= 15 is 0 Å². The largest absolute Gasteiger partial charge is 0.490 e. The molecule has 0 heterocycles. The molecular weight excluding hydrogens is 508 g/mol. The van der Waals surface area contributed by atoms with Gasteiger partial charge in [0.15, 0.2) is 11.5 Å². The molecule has 0 atom stereocenters. The number of benzene rings is 2. The first-order valence-corrected chi connectivity index (χ1v) is 14.8. The monoisotopic (exact) mass is 548 g/mol. The van der Waals surface area contributed by atoms with E-state index in [0.717, 1.165) is 30.4 Å². The lowest BCUT2D eigenvalue weighted by atomic mass is 10.1. The number of carbonyl (C=O) groups is 1. The lowest BCUT2D eigenvalue weighted by molar-refractivity contribution is -0.142. The third kappa shape index (κ3) is 11.0. The van der Waals surface area contributed by atoms with Crippen molar-refractivity contribution in [2.45, 2.75) is 59.8 Å². The fourth-order valence-electron chi connectivity index (χ4n) is 3.34. The highest BCUT2D eigenvalue weighted by atomic mass is 32.2. The second kappa shape index (κ2) is 16.6. The van der Waals surface area contributed by atoms with E-state index in [0.29, 0.717) is 49.9 Å². The van der Waals surface area contributed by atoms with Crippen LogP contribution in [0.3, 0.4) is 0 Å². The van der Waals surface area contributed by atoms with E-state index < -0.39 is 16.1 Å². The van der Waals surface area contributed by atoms with Crippen molar-refractivity contribution in [2.75, 3.05) is 32.2 Å². The standard InChI is InChI=1S/C29H40O8S/c1-5-9-18-35-27-21-24(22-28(33-7-3)29(30)34-8-4)13-16-26(27)36-19-17-23-11-14-25(15-12-23)37-38(31,32)20-10-6-2/h11-16,21-22H,5-10,17-20H2,1-4H3/b28-22-. The first-order valence-electron chi connectivity index (χ1n) is 13.2. The maximum atomic E-state index is 12.2. The summed E-state index contributed by atoms with van der Waals surface area (Å²) in [6.07, 6.45) is 5.48. The van der Waals surface area contributed by atoms with Crippen LogP contribution in [-0.4, -0.2) is 46.6 Å². The first kappa shape index (κ1) is 31.0. The van der Waals surface area contributed by atoms with Gasteiger partial charge in [-0.25, -0.2) is 4.79 Å². The molecule has 0 amide bonds. The zero-order chi connectivity index (χ0) is 27.8. The Morgan fingerprint density at radius 2 is 1.50 bits per heavy atom. The van der Waals surface area contributed by atoms with Gasteiger partial charge < -0.3 is 23.1 Å². The molecule has 0 bridgehead atoms. The third-order valence-corrected chi connectivity index (χ3v) is 6.58. The molecule has 9 heteroatoms. The summed E-state index contributed by atoms with van der Waals surface area (Å²) in [6.45, 7) is 9.10. The molecule has 0 radical (unpaired) electrons. The summed E-state index contributed by atoms with van der Waals surface area (Å²) < 4.78 is 51.7. The molecule has 2 rings (SSSR count). The molecule has 38 heavy (non-hydrogen) atoms. The molecule has 0 aliphatic carbocycles. The lowest BCUT2D eigenvalue weighted by Gasteiger charge is -2.14. The summed E-state index contributed by atoms with van der Waals surface area (Å²) in [7, 11) is -3.58. The van der Waals surface area contributed by atoms with E-state index in [4.69, 9.17) is 23.1 Å². The predicted molar refractivity (Wildman–Crippen MR) is 148 cm³/mol. The maximum Gasteiger partial charge on any atom is 0.373 e. The normalized spacial score (nSPS) is 11.6. The molecule has 210 valence electrons. The number of unbranched alkanes of at least 4 members (excludes halogenated alkanes) is 2. The van der Waals surface area contributed by atoms with Gasteiger partial charge in [-0.2, -0.15) is 8.42 Å². The average molecular weight is 549 g/mol. The van der Waals surface area contributed by atoms with Gasteiger partial charge in [0.25, 0.3) is 0 Å². The van der Waals surface area contributed by atoms with Crippen LogP contribution in [0.25, 0.3) is 6.08 Å². The van der Waals surface area contributed by atoms with E-state index in [1.165, 1.54) is 0 Å². The molecule has 0 saturated heterocycles. The molecule has 0 N–H and O–H groups in total. The smallest absolute Gasteiger partial charge is 0.373 e. The van der Waals surface area contributed by atoms with Crippen LogP contribution >= 0.6 is 0 Å². The number of carbonyl (C=O) groups excluding carboxylic acids is 1. The fraction of sp³-hybridized carbons (Fsp3) is 0.483. The van der Waals surface area contributed by atoms with Crippen molar-refractivity contribution in [1.29, 1.82) is 0 Å². The number of ether oxygens (including phenoxy) is 4. The number of esters is 1. The topological polar surface area (TPSA) is 97.4 Å². The minimum absolute atomic E-state index is 0.00605. The summed E-state index contributed by atoms with van der Waals surface area (Å²) >= 11 is 0. The summed E-state index contributed by atoms with van der Waals surface area (Å²) in [4.78, 5) is 12.2. The van der Waals surface area contributed by atoms with Crippen LogP contribution < -0.4 is 13.7 Å². The van der Waals surface area contributed by atoms with Crippen LogP contribution in [0.2, 0.25) is 0 Å².